The van der Waals surface area contributed by atoms with E-state index in [1.165, 1.54) is 25.1 Å². The summed E-state index contributed by atoms with van der Waals surface area (Å²) < 4.78 is 14.0. The molecule has 1 heterocycles. The first-order valence-corrected chi connectivity index (χ1v) is 7.57. The zero-order valence-electron chi connectivity index (χ0n) is 12.8. The van der Waals surface area contributed by atoms with Crippen LogP contribution in [0.3, 0.4) is 0 Å². The van der Waals surface area contributed by atoms with Gasteiger partial charge in [0.2, 0.25) is 5.91 Å². The molecule has 3 rings (SSSR count). The fourth-order valence-electron chi connectivity index (χ4n) is 2.67. The second-order valence-corrected chi connectivity index (χ2v) is 6.17. The van der Waals surface area contributed by atoms with E-state index in [0.29, 0.717) is 12.5 Å². The van der Waals surface area contributed by atoms with E-state index in [-0.39, 0.29) is 12.1 Å². The fraction of sp³-hybridized carbons (Fsp3) is 0.438. The maximum atomic E-state index is 14.0. The van der Waals surface area contributed by atoms with Gasteiger partial charge in [-0.05, 0) is 31.7 Å². The third kappa shape index (κ3) is 2.91. The molecule has 1 saturated heterocycles. The molecule has 7 heteroatoms. The molecule has 2 aliphatic rings. The molecule has 1 aliphatic heterocycles. The topological polar surface area (TPSA) is 78.5 Å². The SMILES string of the molecule is CC1(c2ccccc2F)NC(=O)N(CC(=O)NCC2CC2)C1=O. The molecular weight excluding hydrogens is 301 g/mol. The van der Waals surface area contributed by atoms with Gasteiger partial charge in [-0.25, -0.2) is 9.18 Å². The van der Waals surface area contributed by atoms with Crippen molar-refractivity contribution in [2.45, 2.75) is 25.3 Å². The van der Waals surface area contributed by atoms with Gasteiger partial charge >= 0.3 is 6.03 Å². The summed E-state index contributed by atoms with van der Waals surface area (Å²) in [5, 5.41) is 5.19. The summed E-state index contributed by atoms with van der Waals surface area (Å²) in [4.78, 5) is 37.3. The molecule has 122 valence electrons. The Morgan fingerprint density at radius 1 is 1.39 bits per heavy atom. The molecule has 1 atom stereocenters. The molecule has 4 amide bonds. The quantitative estimate of drug-likeness (QED) is 0.798. The van der Waals surface area contributed by atoms with Crippen molar-refractivity contribution in [1.29, 1.82) is 0 Å². The first kappa shape index (κ1) is 15.5. The largest absolute Gasteiger partial charge is 0.354 e. The normalized spacial score (nSPS) is 23.8. The van der Waals surface area contributed by atoms with Crippen molar-refractivity contribution >= 4 is 17.8 Å². The van der Waals surface area contributed by atoms with Crippen LogP contribution in [-0.2, 0) is 15.1 Å². The Morgan fingerprint density at radius 2 is 2.09 bits per heavy atom. The predicted molar refractivity (Wildman–Crippen MR) is 79.7 cm³/mol. The molecule has 6 nitrogen and oxygen atoms in total. The molecule has 1 unspecified atom stereocenters. The van der Waals surface area contributed by atoms with E-state index >= 15 is 0 Å². The van der Waals surface area contributed by atoms with Crippen molar-refractivity contribution in [3.8, 4) is 0 Å². The molecular formula is C16H18FN3O3. The minimum absolute atomic E-state index is 0.0826. The molecule has 2 N–H and O–H groups in total. The molecule has 0 spiro atoms. The van der Waals surface area contributed by atoms with Gasteiger partial charge in [0.25, 0.3) is 5.91 Å². The van der Waals surface area contributed by atoms with Gasteiger partial charge in [0.15, 0.2) is 0 Å². The van der Waals surface area contributed by atoms with Crippen LogP contribution in [0.5, 0.6) is 0 Å². The number of hydrogen-bond acceptors (Lipinski definition) is 3. The number of nitrogens with zero attached hydrogens (tertiary/aromatic N) is 1. The number of benzene rings is 1. The third-order valence-corrected chi connectivity index (χ3v) is 4.27. The zero-order chi connectivity index (χ0) is 16.6. The summed E-state index contributed by atoms with van der Waals surface area (Å²) in [6, 6.07) is 5.08. The fourth-order valence-corrected chi connectivity index (χ4v) is 2.67. The molecule has 0 aromatic heterocycles. The van der Waals surface area contributed by atoms with Gasteiger partial charge in [-0.2, -0.15) is 0 Å². The highest BCUT2D eigenvalue weighted by Crippen LogP contribution is 2.30. The highest BCUT2D eigenvalue weighted by Gasteiger charge is 2.50. The Kier molecular flexibility index (Phi) is 3.79. The van der Waals surface area contributed by atoms with Crippen molar-refractivity contribution in [3.05, 3.63) is 35.6 Å². The smallest absolute Gasteiger partial charge is 0.325 e. The Balaban J connectivity index is 1.74. The van der Waals surface area contributed by atoms with Gasteiger partial charge in [0, 0.05) is 12.1 Å². The number of halogens is 1. The second kappa shape index (κ2) is 5.64. The molecule has 1 aromatic rings. The van der Waals surface area contributed by atoms with Crippen molar-refractivity contribution in [1.82, 2.24) is 15.5 Å². The number of urea groups is 1. The monoisotopic (exact) mass is 319 g/mol. The lowest BCUT2D eigenvalue weighted by Crippen LogP contribution is -2.44. The summed E-state index contributed by atoms with van der Waals surface area (Å²) in [5.74, 6) is -1.10. The average Bonchev–Trinajstić information content (AvgIpc) is 3.31. The summed E-state index contributed by atoms with van der Waals surface area (Å²) in [6.45, 7) is 1.64. The number of amides is 4. The minimum Gasteiger partial charge on any atom is -0.354 e. The number of hydrogen-bond donors (Lipinski definition) is 2. The van der Waals surface area contributed by atoms with E-state index in [4.69, 9.17) is 0 Å². The van der Waals surface area contributed by atoms with Crippen LogP contribution in [0.25, 0.3) is 0 Å². The number of rotatable bonds is 5. The van der Waals surface area contributed by atoms with E-state index < -0.39 is 29.2 Å². The zero-order valence-corrected chi connectivity index (χ0v) is 12.8. The molecule has 1 saturated carbocycles. The first-order valence-electron chi connectivity index (χ1n) is 7.57. The molecule has 0 bridgehead atoms. The standard InChI is InChI=1S/C16H18FN3O3/c1-16(11-4-2-3-5-12(11)17)14(22)20(15(23)19-16)9-13(21)18-8-10-6-7-10/h2-5,10H,6-9H2,1H3,(H,18,21)(H,19,23). The van der Waals surface area contributed by atoms with Crippen LogP contribution in [-0.4, -0.2) is 35.8 Å². The Labute approximate surface area is 133 Å². The highest BCUT2D eigenvalue weighted by atomic mass is 19.1. The minimum atomic E-state index is -1.50. The predicted octanol–water partition coefficient (Wildman–Crippen LogP) is 1.12. The van der Waals surface area contributed by atoms with Gasteiger partial charge < -0.3 is 10.6 Å². The molecule has 23 heavy (non-hydrogen) atoms. The van der Waals surface area contributed by atoms with Crippen LogP contribution in [0.2, 0.25) is 0 Å². The van der Waals surface area contributed by atoms with E-state index in [1.807, 2.05) is 0 Å². The highest BCUT2D eigenvalue weighted by molar-refractivity contribution is 6.09. The van der Waals surface area contributed by atoms with E-state index in [9.17, 15) is 18.8 Å². The Morgan fingerprint density at radius 3 is 2.74 bits per heavy atom. The van der Waals surface area contributed by atoms with Crippen LogP contribution in [0.15, 0.2) is 24.3 Å². The summed E-state index contributed by atoms with van der Waals surface area (Å²) >= 11 is 0. The summed E-state index contributed by atoms with van der Waals surface area (Å²) in [7, 11) is 0. The van der Waals surface area contributed by atoms with Crippen molar-refractivity contribution in [3.63, 3.8) is 0 Å². The Bertz CT molecular complexity index is 674. The molecule has 1 aromatic carbocycles. The van der Waals surface area contributed by atoms with Gasteiger partial charge in [-0.3, -0.25) is 14.5 Å². The lowest BCUT2D eigenvalue weighted by Gasteiger charge is -2.22. The van der Waals surface area contributed by atoms with E-state index in [2.05, 4.69) is 10.6 Å². The van der Waals surface area contributed by atoms with Gasteiger partial charge in [0.1, 0.15) is 17.9 Å². The van der Waals surface area contributed by atoms with Crippen LogP contribution in [0.1, 0.15) is 25.3 Å². The molecule has 0 radical (unpaired) electrons. The number of carbonyl (C=O) groups is 3. The summed E-state index contributed by atoms with van der Waals surface area (Å²) in [6.07, 6.45) is 2.18. The van der Waals surface area contributed by atoms with Crippen LogP contribution < -0.4 is 10.6 Å². The van der Waals surface area contributed by atoms with E-state index in [1.54, 1.807) is 6.07 Å². The van der Waals surface area contributed by atoms with Crippen LogP contribution in [0, 0.1) is 11.7 Å². The number of imide groups is 1. The van der Waals surface area contributed by atoms with Gasteiger partial charge in [-0.15, -0.1) is 0 Å². The average molecular weight is 319 g/mol. The first-order chi connectivity index (χ1) is 10.9. The second-order valence-electron chi connectivity index (χ2n) is 6.17. The van der Waals surface area contributed by atoms with Crippen molar-refractivity contribution in [2.75, 3.05) is 13.1 Å². The van der Waals surface area contributed by atoms with Gasteiger partial charge in [0.05, 0.1) is 0 Å². The van der Waals surface area contributed by atoms with E-state index in [0.717, 1.165) is 17.7 Å². The number of nitrogens with one attached hydrogen (secondary N) is 2. The van der Waals surface area contributed by atoms with Gasteiger partial charge in [-0.1, -0.05) is 18.2 Å². The summed E-state index contributed by atoms with van der Waals surface area (Å²) in [5.41, 5.74) is -1.42. The Hall–Kier alpha value is -2.44. The number of carbonyl (C=O) groups excluding carboxylic acids is 3. The maximum absolute atomic E-state index is 14.0. The maximum Gasteiger partial charge on any atom is 0.325 e. The van der Waals surface area contributed by atoms with Crippen LogP contribution >= 0.6 is 0 Å². The lowest BCUT2D eigenvalue weighted by atomic mass is 9.91. The third-order valence-electron chi connectivity index (χ3n) is 4.27. The lowest BCUT2D eigenvalue weighted by molar-refractivity contribution is -0.134. The molecule has 2 fully saturated rings. The molecule has 1 aliphatic carbocycles. The van der Waals surface area contributed by atoms with Crippen LogP contribution in [0.4, 0.5) is 9.18 Å². The van der Waals surface area contributed by atoms with Crippen molar-refractivity contribution < 1.29 is 18.8 Å². The van der Waals surface area contributed by atoms with Crippen molar-refractivity contribution in [2.24, 2.45) is 5.92 Å².